The molecule has 8 nitrogen and oxygen atoms in total. The van der Waals surface area contributed by atoms with E-state index < -0.39 is 21.7 Å². The van der Waals surface area contributed by atoms with Gasteiger partial charge in [0.2, 0.25) is 10.0 Å². The second-order valence-electron chi connectivity index (χ2n) is 5.97. The lowest BCUT2D eigenvalue weighted by Gasteiger charge is -2.19. The summed E-state index contributed by atoms with van der Waals surface area (Å²) < 4.78 is 33.2. The van der Waals surface area contributed by atoms with Gasteiger partial charge in [-0.2, -0.15) is 5.10 Å². The maximum atomic E-state index is 12.0. The molecule has 2 aromatic rings. The molecule has 2 N–H and O–H groups in total. The Morgan fingerprint density at radius 1 is 1.35 bits per heavy atom. The van der Waals surface area contributed by atoms with E-state index in [1.807, 2.05) is 0 Å². The van der Waals surface area contributed by atoms with Gasteiger partial charge in [0, 0.05) is 18.9 Å². The van der Waals surface area contributed by atoms with Crippen LogP contribution in [-0.4, -0.2) is 42.0 Å². The lowest BCUT2D eigenvalue weighted by atomic mass is 10.2. The van der Waals surface area contributed by atoms with Gasteiger partial charge in [0.1, 0.15) is 5.60 Å². The smallest absolute Gasteiger partial charge is 0.407 e. The zero-order valence-electron chi connectivity index (χ0n) is 13.2. The van der Waals surface area contributed by atoms with Crippen molar-refractivity contribution in [2.75, 3.05) is 17.0 Å². The molecule has 0 unspecified atom stereocenters. The minimum Gasteiger partial charge on any atom is -0.444 e. The molecular formula is C14H20N4O4S. The molecule has 23 heavy (non-hydrogen) atoms. The maximum Gasteiger partial charge on any atom is 0.407 e. The molecule has 2 heterocycles. The van der Waals surface area contributed by atoms with Crippen molar-refractivity contribution < 1.29 is 17.9 Å². The minimum absolute atomic E-state index is 0.0425. The average molecular weight is 340 g/mol. The number of anilines is 1. The molecule has 0 saturated carbocycles. The first-order chi connectivity index (χ1) is 10.6. The van der Waals surface area contributed by atoms with Crippen molar-refractivity contribution in [2.24, 2.45) is 0 Å². The summed E-state index contributed by atoms with van der Waals surface area (Å²) in [7, 11) is -3.58. The number of pyridine rings is 1. The van der Waals surface area contributed by atoms with Crippen molar-refractivity contribution in [3.8, 4) is 0 Å². The first-order valence-electron chi connectivity index (χ1n) is 7.05. The molecule has 0 aromatic carbocycles. The van der Waals surface area contributed by atoms with E-state index in [-0.39, 0.29) is 12.3 Å². The summed E-state index contributed by atoms with van der Waals surface area (Å²) in [5, 5.41) is 6.44. The fourth-order valence-electron chi connectivity index (χ4n) is 1.82. The summed E-state index contributed by atoms with van der Waals surface area (Å²) in [6.45, 7) is 5.16. The summed E-state index contributed by atoms with van der Waals surface area (Å²) in [5.41, 5.74) is 0.592. The number of nitrogens with zero attached hydrogens (tertiary/aromatic N) is 2. The van der Waals surface area contributed by atoms with Crippen LogP contribution in [-0.2, 0) is 14.8 Å². The summed E-state index contributed by atoms with van der Waals surface area (Å²) >= 11 is 0. The third-order valence-corrected chi connectivity index (χ3v) is 4.00. The van der Waals surface area contributed by atoms with E-state index in [0.29, 0.717) is 5.69 Å². The fourth-order valence-corrected chi connectivity index (χ4v) is 2.78. The predicted octanol–water partition coefficient (Wildman–Crippen LogP) is 1.60. The van der Waals surface area contributed by atoms with Gasteiger partial charge in [0.15, 0.2) is 0 Å². The third kappa shape index (κ3) is 5.44. The molecule has 126 valence electrons. The number of rotatable bonds is 5. The Bertz CT molecular complexity index is 792. The van der Waals surface area contributed by atoms with E-state index in [0.717, 1.165) is 5.52 Å². The van der Waals surface area contributed by atoms with Gasteiger partial charge < -0.3 is 10.1 Å². The Kier molecular flexibility index (Phi) is 4.79. The van der Waals surface area contributed by atoms with Crippen LogP contribution in [0.15, 0.2) is 30.6 Å². The monoisotopic (exact) mass is 340 g/mol. The van der Waals surface area contributed by atoms with Crippen LogP contribution >= 0.6 is 0 Å². The van der Waals surface area contributed by atoms with Gasteiger partial charge in [0.05, 0.1) is 17.0 Å². The maximum absolute atomic E-state index is 12.0. The lowest BCUT2D eigenvalue weighted by Crippen LogP contribution is -2.35. The van der Waals surface area contributed by atoms with Crippen LogP contribution in [0.3, 0.4) is 0 Å². The number of nitrogens with one attached hydrogen (secondary N) is 2. The van der Waals surface area contributed by atoms with Crippen LogP contribution in [0.1, 0.15) is 20.8 Å². The zero-order chi connectivity index (χ0) is 17.1. The number of carbonyl (C=O) groups excluding carboxylic acids is 1. The number of carbonyl (C=O) groups is 1. The van der Waals surface area contributed by atoms with Gasteiger partial charge in [0.25, 0.3) is 0 Å². The van der Waals surface area contributed by atoms with Crippen molar-refractivity contribution in [2.45, 2.75) is 26.4 Å². The summed E-state index contributed by atoms with van der Waals surface area (Å²) in [5.74, 6) is -0.253. The number of sulfonamides is 1. The van der Waals surface area contributed by atoms with Gasteiger partial charge in [-0.05, 0) is 39.0 Å². The number of aromatic nitrogens is 2. The van der Waals surface area contributed by atoms with Crippen LogP contribution in [0.4, 0.5) is 10.5 Å². The molecule has 2 aromatic heterocycles. The normalized spacial score (nSPS) is 12.1. The molecular weight excluding hydrogens is 320 g/mol. The molecule has 0 aliphatic rings. The summed E-state index contributed by atoms with van der Waals surface area (Å²) in [4.78, 5) is 11.5. The molecule has 0 bridgehead atoms. The van der Waals surface area contributed by atoms with E-state index in [9.17, 15) is 13.2 Å². The van der Waals surface area contributed by atoms with Crippen molar-refractivity contribution in [1.29, 1.82) is 0 Å². The van der Waals surface area contributed by atoms with Crippen molar-refractivity contribution in [3.63, 3.8) is 0 Å². The Morgan fingerprint density at radius 2 is 2.09 bits per heavy atom. The molecule has 2 rings (SSSR count). The van der Waals surface area contributed by atoms with Crippen LogP contribution in [0.25, 0.3) is 5.52 Å². The van der Waals surface area contributed by atoms with E-state index in [2.05, 4.69) is 15.1 Å². The van der Waals surface area contributed by atoms with Crippen molar-refractivity contribution in [3.05, 3.63) is 30.6 Å². The van der Waals surface area contributed by atoms with Crippen LogP contribution in [0.2, 0.25) is 0 Å². The number of amides is 1. The number of hydrogen-bond donors (Lipinski definition) is 2. The highest BCUT2D eigenvalue weighted by Crippen LogP contribution is 2.13. The van der Waals surface area contributed by atoms with Crippen molar-refractivity contribution in [1.82, 2.24) is 14.9 Å². The van der Waals surface area contributed by atoms with E-state index in [1.165, 1.54) is 0 Å². The SMILES string of the molecule is CC(C)(C)OC(=O)NCCS(=O)(=O)Nc1ccn2nccc2c1. The molecule has 0 spiro atoms. The van der Waals surface area contributed by atoms with Gasteiger partial charge in [-0.1, -0.05) is 0 Å². The fraction of sp³-hybridized carbons (Fsp3) is 0.429. The molecule has 1 amide bonds. The minimum atomic E-state index is -3.58. The topological polar surface area (TPSA) is 102 Å². The molecule has 0 aliphatic carbocycles. The standard InChI is InChI=1S/C14H20N4O4S/c1-14(2,3)22-13(19)15-7-9-23(20,21)17-11-5-8-18-12(10-11)4-6-16-18/h4-6,8,10,17H,7,9H2,1-3H3,(H,15,19). The van der Waals surface area contributed by atoms with Crippen LogP contribution in [0.5, 0.6) is 0 Å². The first kappa shape index (κ1) is 17.1. The van der Waals surface area contributed by atoms with Crippen LogP contribution in [0, 0.1) is 0 Å². The summed E-state index contributed by atoms with van der Waals surface area (Å²) in [6.07, 6.45) is 2.64. The highest BCUT2D eigenvalue weighted by atomic mass is 32.2. The molecule has 0 radical (unpaired) electrons. The van der Waals surface area contributed by atoms with Crippen molar-refractivity contribution >= 4 is 27.3 Å². The Labute approximate surface area is 134 Å². The molecule has 0 atom stereocenters. The van der Waals surface area contributed by atoms with Gasteiger partial charge in [-0.15, -0.1) is 0 Å². The summed E-state index contributed by atoms with van der Waals surface area (Å²) in [6, 6.07) is 5.05. The van der Waals surface area contributed by atoms with Crippen LogP contribution < -0.4 is 10.0 Å². The predicted molar refractivity (Wildman–Crippen MR) is 86.8 cm³/mol. The quantitative estimate of drug-likeness (QED) is 0.861. The molecule has 0 saturated heterocycles. The molecule has 0 fully saturated rings. The second-order valence-corrected chi connectivity index (χ2v) is 7.81. The first-order valence-corrected chi connectivity index (χ1v) is 8.71. The Hall–Kier alpha value is -2.29. The van der Waals surface area contributed by atoms with Gasteiger partial charge in [-0.25, -0.2) is 17.7 Å². The zero-order valence-corrected chi connectivity index (χ0v) is 14.1. The van der Waals surface area contributed by atoms with E-state index >= 15 is 0 Å². The lowest BCUT2D eigenvalue weighted by molar-refractivity contribution is 0.0531. The van der Waals surface area contributed by atoms with Gasteiger partial charge >= 0.3 is 6.09 Å². The number of alkyl carbamates (subject to hydrolysis) is 1. The van der Waals surface area contributed by atoms with E-state index in [1.54, 1.807) is 55.9 Å². The largest absolute Gasteiger partial charge is 0.444 e. The second kappa shape index (κ2) is 6.45. The molecule has 0 aliphatic heterocycles. The highest BCUT2D eigenvalue weighted by molar-refractivity contribution is 7.92. The Balaban J connectivity index is 1.88. The average Bonchev–Trinajstić information content (AvgIpc) is 2.82. The third-order valence-electron chi connectivity index (χ3n) is 2.71. The number of ether oxygens (including phenoxy) is 1. The Morgan fingerprint density at radius 3 is 2.78 bits per heavy atom. The highest BCUT2D eigenvalue weighted by Gasteiger charge is 2.17. The molecule has 9 heteroatoms. The number of hydrogen-bond acceptors (Lipinski definition) is 5. The number of fused-ring (bicyclic) bond motifs is 1. The van der Waals surface area contributed by atoms with Gasteiger partial charge in [-0.3, -0.25) is 4.72 Å². The van der Waals surface area contributed by atoms with E-state index in [4.69, 9.17) is 4.74 Å².